The van der Waals surface area contributed by atoms with Crippen LogP contribution in [0.25, 0.3) is 5.69 Å². The predicted octanol–water partition coefficient (Wildman–Crippen LogP) is 4.52. The zero-order chi connectivity index (χ0) is 21.6. The topological polar surface area (TPSA) is 59.4 Å². The maximum Gasteiger partial charge on any atom is 0.258 e. The summed E-state index contributed by atoms with van der Waals surface area (Å²) in [7, 11) is 0. The van der Waals surface area contributed by atoms with Crippen LogP contribution in [0.2, 0.25) is 0 Å². The highest BCUT2D eigenvalue weighted by Gasteiger charge is 2.19. The molecule has 31 heavy (non-hydrogen) atoms. The van der Waals surface area contributed by atoms with Gasteiger partial charge < -0.3 is 15.0 Å². The summed E-state index contributed by atoms with van der Waals surface area (Å²) in [5.41, 5.74) is 1.78. The number of likely N-dealkylation sites (tertiary alicyclic amines) is 1. The van der Waals surface area contributed by atoms with Gasteiger partial charge in [-0.1, -0.05) is 0 Å². The van der Waals surface area contributed by atoms with Gasteiger partial charge in [-0.05, 0) is 81.3 Å². The highest BCUT2D eigenvalue weighted by molar-refractivity contribution is 6.03. The van der Waals surface area contributed by atoms with Crippen molar-refractivity contribution in [2.45, 2.75) is 32.2 Å². The number of aromatic nitrogens is 2. The van der Waals surface area contributed by atoms with Gasteiger partial charge in [-0.2, -0.15) is 5.10 Å². The molecule has 162 valence electrons. The lowest BCUT2D eigenvalue weighted by Crippen LogP contribution is -2.28. The van der Waals surface area contributed by atoms with Gasteiger partial charge >= 0.3 is 0 Å². The molecule has 0 spiro atoms. The fourth-order valence-electron chi connectivity index (χ4n) is 3.80. The van der Waals surface area contributed by atoms with E-state index in [0.29, 0.717) is 23.9 Å². The van der Waals surface area contributed by atoms with Gasteiger partial charge in [0.15, 0.2) is 0 Å². The molecular weight excluding hydrogens is 395 g/mol. The second-order valence-corrected chi connectivity index (χ2v) is 7.86. The summed E-state index contributed by atoms with van der Waals surface area (Å²) < 4.78 is 20.5. The molecule has 6 nitrogen and oxygen atoms in total. The van der Waals surface area contributed by atoms with Crippen molar-refractivity contribution >= 4 is 11.6 Å². The number of carbonyl (C=O) groups excluding carboxylic acids is 1. The van der Waals surface area contributed by atoms with Gasteiger partial charge in [0.25, 0.3) is 5.91 Å². The smallest absolute Gasteiger partial charge is 0.258 e. The van der Waals surface area contributed by atoms with E-state index in [1.54, 1.807) is 10.9 Å². The predicted molar refractivity (Wildman–Crippen MR) is 118 cm³/mol. The van der Waals surface area contributed by atoms with E-state index >= 15 is 0 Å². The molecule has 1 aliphatic rings. The Kier molecular flexibility index (Phi) is 6.62. The Morgan fingerprint density at radius 2 is 1.97 bits per heavy atom. The fourth-order valence-corrected chi connectivity index (χ4v) is 3.80. The van der Waals surface area contributed by atoms with Crippen LogP contribution in [0.5, 0.6) is 5.75 Å². The first-order valence-corrected chi connectivity index (χ1v) is 10.7. The number of nitrogens with one attached hydrogen (secondary N) is 1. The molecule has 2 aromatic carbocycles. The molecule has 2 heterocycles. The maximum atomic E-state index is 13.0. The minimum absolute atomic E-state index is 0.301. The molecule has 1 aromatic heterocycles. The number of carbonyl (C=O) groups is 1. The summed E-state index contributed by atoms with van der Waals surface area (Å²) in [6.45, 7) is 5.26. The maximum absolute atomic E-state index is 13.0. The highest BCUT2D eigenvalue weighted by Crippen LogP contribution is 2.18. The third-order valence-corrected chi connectivity index (χ3v) is 5.60. The fraction of sp³-hybridized carbons (Fsp3) is 0.333. The van der Waals surface area contributed by atoms with E-state index in [9.17, 15) is 9.18 Å². The van der Waals surface area contributed by atoms with Crippen LogP contribution in [0.15, 0.2) is 60.9 Å². The summed E-state index contributed by atoms with van der Waals surface area (Å²) in [6.07, 6.45) is 6.77. The SMILES string of the molecule is CC1CCCN1CCCOc1ccc(-n2cc(C(=O)Nc3ccc(F)cc3)cn2)cc1. The van der Waals surface area contributed by atoms with Gasteiger partial charge in [0, 0.05) is 24.5 Å². The average Bonchev–Trinajstić information content (AvgIpc) is 3.43. The van der Waals surface area contributed by atoms with Crippen LogP contribution in [0.1, 0.15) is 36.5 Å². The number of rotatable bonds is 8. The number of hydrogen-bond acceptors (Lipinski definition) is 4. The van der Waals surface area contributed by atoms with E-state index in [-0.39, 0.29) is 11.7 Å². The quantitative estimate of drug-likeness (QED) is 0.543. The van der Waals surface area contributed by atoms with Gasteiger partial charge in [-0.25, -0.2) is 9.07 Å². The summed E-state index contributed by atoms with van der Waals surface area (Å²) in [5, 5.41) is 7.00. The van der Waals surface area contributed by atoms with Crippen molar-refractivity contribution in [1.29, 1.82) is 0 Å². The number of benzene rings is 2. The van der Waals surface area contributed by atoms with E-state index in [1.165, 1.54) is 49.8 Å². The molecule has 1 N–H and O–H groups in total. The Morgan fingerprint density at radius 3 is 2.68 bits per heavy atom. The molecule has 1 unspecified atom stereocenters. The molecule has 7 heteroatoms. The van der Waals surface area contributed by atoms with Crippen LogP contribution in [0.3, 0.4) is 0 Å². The molecule has 0 aliphatic carbocycles. The minimum atomic E-state index is -0.348. The Balaban J connectivity index is 1.28. The molecule has 1 aliphatic heterocycles. The van der Waals surface area contributed by atoms with Crippen LogP contribution in [-0.4, -0.2) is 46.3 Å². The van der Waals surface area contributed by atoms with Gasteiger partial charge in [-0.3, -0.25) is 4.79 Å². The molecule has 0 saturated carbocycles. The summed E-state index contributed by atoms with van der Waals surface area (Å²) in [6, 6.07) is 14.0. The molecule has 0 bridgehead atoms. The zero-order valence-corrected chi connectivity index (χ0v) is 17.6. The lowest BCUT2D eigenvalue weighted by molar-refractivity contribution is 0.102. The molecule has 3 aromatic rings. The molecule has 1 fully saturated rings. The van der Waals surface area contributed by atoms with E-state index < -0.39 is 0 Å². The van der Waals surface area contributed by atoms with Gasteiger partial charge in [-0.15, -0.1) is 0 Å². The van der Waals surface area contributed by atoms with E-state index in [1.807, 2.05) is 24.3 Å². The van der Waals surface area contributed by atoms with Crippen molar-refractivity contribution in [3.63, 3.8) is 0 Å². The Morgan fingerprint density at radius 1 is 1.19 bits per heavy atom. The second-order valence-electron chi connectivity index (χ2n) is 7.86. The normalized spacial score (nSPS) is 16.4. The van der Waals surface area contributed by atoms with Crippen molar-refractivity contribution in [3.05, 3.63) is 72.3 Å². The molecule has 4 rings (SSSR count). The summed E-state index contributed by atoms with van der Waals surface area (Å²) in [4.78, 5) is 14.9. The first-order chi connectivity index (χ1) is 15.1. The Labute approximate surface area is 181 Å². The molecular formula is C24H27FN4O2. The Bertz CT molecular complexity index is 1000. The van der Waals surface area contributed by atoms with Crippen molar-refractivity contribution in [2.24, 2.45) is 0 Å². The first kappa shape index (κ1) is 21.1. The second kappa shape index (κ2) is 9.75. The number of amides is 1. The number of anilines is 1. The zero-order valence-electron chi connectivity index (χ0n) is 17.6. The number of halogens is 1. The van der Waals surface area contributed by atoms with Gasteiger partial charge in [0.05, 0.1) is 24.1 Å². The van der Waals surface area contributed by atoms with Gasteiger partial charge in [0.1, 0.15) is 11.6 Å². The molecule has 1 saturated heterocycles. The lowest BCUT2D eigenvalue weighted by atomic mass is 10.2. The van der Waals surface area contributed by atoms with Crippen LogP contribution in [0.4, 0.5) is 10.1 Å². The van der Waals surface area contributed by atoms with E-state index in [0.717, 1.165) is 24.4 Å². The molecule has 1 amide bonds. The highest BCUT2D eigenvalue weighted by atomic mass is 19.1. The van der Waals surface area contributed by atoms with Crippen molar-refractivity contribution in [1.82, 2.24) is 14.7 Å². The monoisotopic (exact) mass is 422 g/mol. The average molecular weight is 423 g/mol. The number of nitrogens with zero attached hydrogens (tertiary/aromatic N) is 3. The minimum Gasteiger partial charge on any atom is -0.494 e. The third kappa shape index (κ3) is 5.49. The largest absolute Gasteiger partial charge is 0.494 e. The van der Waals surface area contributed by atoms with Crippen molar-refractivity contribution in [2.75, 3.05) is 25.0 Å². The van der Waals surface area contributed by atoms with Crippen LogP contribution in [-0.2, 0) is 0 Å². The molecule has 1 atom stereocenters. The van der Waals surface area contributed by atoms with Gasteiger partial charge in [0.2, 0.25) is 0 Å². The van der Waals surface area contributed by atoms with Crippen molar-refractivity contribution < 1.29 is 13.9 Å². The van der Waals surface area contributed by atoms with Crippen LogP contribution < -0.4 is 10.1 Å². The van der Waals surface area contributed by atoms with Crippen molar-refractivity contribution in [3.8, 4) is 11.4 Å². The van der Waals surface area contributed by atoms with Crippen LogP contribution in [0, 0.1) is 5.82 Å². The number of hydrogen-bond donors (Lipinski definition) is 1. The lowest BCUT2D eigenvalue weighted by Gasteiger charge is -2.20. The van der Waals surface area contributed by atoms with E-state index in [4.69, 9.17) is 4.74 Å². The summed E-state index contributed by atoms with van der Waals surface area (Å²) >= 11 is 0. The first-order valence-electron chi connectivity index (χ1n) is 10.7. The standard InChI is InChI=1S/C24H27FN4O2/c1-18-4-2-13-28(18)14-3-15-31-23-11-9-22(10-12-23)29-17-19(16-26-29)24(30)27-21-7-5-20(25)6-8-21/h5-12,16-18H,2-4,13-15H2,1H3,(H,27,30). The number of ether oxygens (including phenoxy) is 1. The molecule has 0 radical (unpaired) electrons. The Hall–Kier alpha value is -3.19. The van der Waals surface area contributed by atoms with E-state index in [2.05, 4.69) is 22.2 Å². The van der Waals surface area contributed by atoms with Crippen LogP contribution >= 0.6 is 0 Å². The summed E-state index contributed by atoms with van der Waals surface area (Å²) in [5.74, 6) is 0.171. The third-order valence-electron chi connectivity index (χ3n) is 5.60.